The number of hydrogen-bond donors (Lipinski definition) is 1. The summed E-state index contributed by atoms with van der Waals surface area (Å²) in [4.78, 5) is 21.9. The Balaban J connectivity index is 1.52. The van der Waals surface area contributed by atoms with Crippen LogP contribution in [0, 0.1) is 0 Å². The number of hydrogen-bond acceptors (Lipinski definition) is 5. The lowest BCUT2D eigenvalue weighted by Gasteiger charge is -2.37. The maximum Gasteiger partial charge on any atom is 0.228 e. The van der Waals surface area contributed by atoms with Gasteiger partial charge < -0.3 is 10.0 Å². The lowest BCUT2D eigenvalue weighted by Crippen LogP contribution is -2.52. The van der Waals surface area contributed by atoms with Crippen molar-refractivity contribution in [2.45, 2.75) is 25.9 Å². The van der Waals surface area contributed by atoms with Gasteiger partial charge in [0.25, 0.3) is 0 Å². The van der Waals surface area contributed by atoms with Gasteiger partial charge in [-0.05, 0) is 13.8 Å². The van der Waals surface area contributed by atoms with Crippen LogP contribution < -0.4 is 0 Å². The van der Waals surface area contributed by atoms with Gasteiger partial charge in [-0.3, -0.25) is 14.1 Å². The van der Waals surface area contributed by atoms with Gasteiger partial charge in [-0.2, -0.15) is 0 Å². The van der Waals surface area contributed by atoms with Crippen molar-refractivity contribution in [2.24, 2.45) is 0 Å². The number of aliphatic hydroxyl groups is 1. The molecule has 0 spiro atoms. The molecule has 120 valence electrons. The van der Waals surface area contributed by atoms with Crippen molar-refractivity contribution < 1.29 is 9.90 Å². The summed E-state index contributed by atoms with van der Waals surface area (Å²) < 4.78 is 1.95. The van der Waals surface area contributed by atoms with Crippen LogP contribution in [-0.4, -0.2) is 68.5 Å². The Morgan fingerprint density at radius 1 is 1.36 bits per heavy atom. The van der Waals surface area contributed by atoms with Crippen LogP contribution in [0.4, 0.5) is 0 Å². The molecule has 0 radical (unpaired) electrons. The van der Waals surface area contributed by atoms with Gasteiger partial charge in [-0.15, -0.1) is 11.3 Å². The topological polar surface area (TPSA) is 61.1 Å². The van der Waals surface area contributed by atoms with Gasteiger partial charge in [0.2, 0.25) is 5.91 Å². The highest BCUT2D eigenvalue weighted by molar-refractivity contribution is 7.15. The van der Waals surface area contributed by atoms with Crippen molar-refractivity contribution in [3.05, 3.63) is 23.5 Å². The molecule has 1 aliphatic heterocycles. The fraction of sp³-hybridized carbons (Fsp3) is 0.600. The highest BCUT2D eigenvalue weighted by Crippen LogP contribution is 2.13. The molecule has 1 fully saturated rings. The number of amides is 1. The van der Waals surface area contributed by atoms with E-state index in [4.69, 9.17) is 0 Å². The van der Waals surface area contributed by atoms with E-state index in [1.54, 1.807) is 11.3 Å². The average molecular weight is 322 g/mol. The van der Waals surface area contributed by atoms with E-state index < -0.39 is 5.60 Å². The lowest BCUT2D eigenvalue weighted by atomic mass is 10.1. The Morgan fingerprint density at radius 2 is 2.09 bits per heavy atom. The zero-order valence-corrected chi connectivity index (χ0v) is 13.8. The molecule has 7 heteroatoms. The lowest BCUT2D eigenvalue weighted by molar-refractivity contribution is -0.132. The van der Waals surface area contributed by atoms with Crippen LogP contribution in [-0.2, 0) is 11.2 Å². The number of thiazole rings is 1. The molecule has 0 saturated carbocycles. The highest BCUT2D eigenvalue weighted by atomic mass is 32.1. The smallest absolute Gasteiger partial charge is 0.228 e. The standard InChI is InChI=1S/C15H22N4O2S/c1-15(2,21)11-17-3-5-18(6-4-17)13(20)9-12-10-19-7-8-22-14(19)16-12/h7-8,10,21H,3-6,9,11H2,1-2H3. The third-order valence-corrected chi connectivity index (χ3v) is 4.58. The van der Waals surface area contributed by atoms with Gasteiger partial charge in [-0.25, -0.2) is 4.98 Å². The van der Waals surface area contributed by atoms with E-state index in [9.17, 15) is 9.90 Å². The summed E-state index contributed by atoms with van der Waals surface area (Å²) in [5.74, 6) is 0.133. The minimum Gasteiger partial charge on any atom is -0.389 e. The van der Waals surface area contributed by atoms with Crippen LogP contribution in [0.2, 0.25) is 0 Å². The van der Waals surface area contributed by atoms with Crippen LogP contribution in [0.1, 0.15) is 19.5 Å². The number of piperazine rings is 1. The molecule has 6 nitrogen and oxygen atoms in total. The third-order valence-electron chi connectivity index (χ3n) is 3.81. The predicted octanol–water partition coefficient (Wildman–Crippen LogP) is 0.853. The van der Waals surface area contributed by atoms with Crippen molar-refractivity contribution in [1.29, 1.82) is 0 Å². The minimum absolute atomic E-state index is 0.133. The fourth-order valence-electron chi connectivity index (χ4n) is 2.83. The van der Waals surface area contributed by atoms with Crippen molar-refractivity contribution in [1.82, 2.24) is 19.2 Å². The van der Waals surface area contributed by atoms with E-state index in [0.717, 1.165) is 36.8 Å². The molecule has 0 unspecified atom stereocenters. The van der Waals surface area contributed by atoms with E-state index in [-0.39, 0.29) is 5.91 Å². The number of carbonyl (C=O) groups is 1. The summed E-state index contributed by atoms with van der Waals surface area (Å²) in [5, 5.41) is 11.8. The fourth-order valence-corrected chi connectivity index (χ4v) is 3.55. The number of nitrogens with zero attached hydrogens (tertiary/aromatic N) is 4. The monoisotopic (exact) mass is 322 g/mol. The van der Waals surface area contributed by atoms with Crippen molar-refractivity contribution in [3.8, 4) is 0 Å². The van der Waals surface area contributed by atoms with Crippen LogP contribution >= 0.6 is 11.3 Å². The molecular formula is C15H22N4O2S. The summed E-state index contributed by atoms with van der Waals surface area (Å²) in [7, 11) is 0. The maximum absolute atomic E-state index is 12.4. The first-order valence-electron chi connectivity index (χ1n) is 7.54. The molecular weight excluding hydrogens is 300 g/mol. The van der Waals surface area contributed by atoms with E-state index in [2.05, 4.69) is 9.88 Å². The second-order valence-corrected chi connectivity index (χ2v) is 7.34. The SMILES string of the molecule is CC(C)(O)CN1CCN(C(=O)Cc2cn3ccsc3n2)CC1. The zero-order chi connectivity index (χ0) is 15.7. The normalized spacial score (nSPS) is 17.3. The summed E-state index contributed by atoms with van der Waals surface area (Å²) in [6.07, 6.45) is 4.24. The molecule has 0 aromatic carbocycles. The molecule has 1 saturated heterocycles. The van der Waals surface area contributed by atoms with Crippen LogP contribution in [0.15, 0.2) is 17.8 Å². The van der Waals surface area contributed by atoms with Crippen LogP contribution in [0.3, 0.4) is 0 Å². The van der Waals surface area contributed by atoms with Gasteiger partial charge in [0, 0.05) is 50.5 Å². The first-order chi connectivity index (χ1) is 10.4. The molecule has 3 rings (SSSR count). The average Bonchev–Trinajstić information content (AvgIpc) is 2.98. The van der Waals surface area contributed by atoms with Gasteiger partial charge in [0.15, 0.2) is 4.96 Å². The first-order valence-corrected chi connectivity index (χ1v) is 8.42. The quantitative estimate of drug-likeness (QED) is 0.907. The number of rotatable bonds is 4. The Labute approximate surface area is 134 Å². The van der Waals surface area contributed by atoms with Gasteiger partial charge in [-0.1, -0.05) is 0 Å². The Hall–Kier alpha value is -1.44. The second kappa shape index (κ2) is 5.98. The van der Waals surface area contributed by atoms with Crippen molar-refractivity contribution >= 4 is 22.2 Å². The predicted molar refractivity (Wildman–Crippen MR) is 86.1 cm³/mol. The Morgan fingerprint density at radius 3 is 2.73 bits per heavy atom. The van der Waals surface area contributed by atoms with E-state index in [1.165, 1.54) is 0 Å². The Bertz CT molecular complexity index is 621. The summed E-state index contributed by atoms with van der Waals surface area (Å²) in [6, 6.07) is 0. The summed E-state index contributed by atoms with van der Waals surface area (Å²) >= 11 is 1.57. The molecule has 1 N–H and O–H groups in total. The third kappa shape index (κ3) is 3.66. The van der Waals surface area contributed by atoms with Gasteiger partial charge in [0.05, 0.1) is 17.7 Å². The van der Waals surface area contributed by atoms with Crippen molar-refractivity contribution in [3.63, 3.8) is 0 Å². The van der Waals surface area contributed by atoms with E-state index >= 15 is 0 Å². The van der Waals surface area contributed by atoms with E-state index in [0.29, 0.717) is 13.0 Å². The van der Waals surface area contributed by atoms with Crippen LogP contribution in [0.5, 0.6) is 0 Å². The molecule has 1 amide bonds. The van der Waals surface area contributed by atoms with Gasteiger partial charge in [0.1, 0.15) is 0 Å². The van der Waals surface area contributed by atoms with Gasteiger partial charge >= 0.3 is 0 Å². The molecule has 22 heavy (non-hydrogen) atoms. The van der Waals surface area contributed by atoms with Crippen molar-refractivity contribution in [2.75, 3.05) is 32.7 Å². The maximum atomic E-state index is 12.4. The van der Waals surface area contributed by atoms with E-state index in [1.807, 2.05) is 40.9 Å². The molecule has 2 aromatic rings. The highest BCUT2D eigenvalue weighted by Gasteiger charge is 2.25. The number of β-amino-alcohol motifs (C(OH)–C–C–N with tert-alkyl or cyclic N) is 1. The molecule has 3 heterocycles. The summed E-state index contributed by atoms with van der Waals surface area (Å²) in [5.41, 5.74) is 0.143. The molecule has 0 bridgehead atoms. The molecule has 0 atom stereocenters. The van der Waals surface area contributed by atoms with Crippen LogP contribution in [0.25, 0.3) is 4.96 Å². The largest absolute Gasteiger partial charge is 0.389 e. The second-order valence-electron chi connectivity index (χ2n) is 6.47. The zero-order valence-electron chi connectivity index (χ0n) is 13.0. The number of fused-ring (bicyclic) bond motifs is 1. The number of imidazole rings is 1. The number of carbonyl (C=O) groups excluding carboxylic acids is 1. The number of aromatic nitrogens is 2. The molecule has 2 aromatic heterocycles. The first kappa shape index (κ1) is 15.5. The summed E-state index contributed by atoms with van der Waals surface area (Å²) in [6.45, 7) is 7.34. The minimum atomic E-state index is -0.686. The Kier molecular flexibility index (Phi) is 4.20. The molecule has 0 aliphatic carbocycles. The molecule has 1 aliphatic rings.